The highest BCUT2D eigenvalue weighted by molar-refractivity contribution is 7.09. The molecule has 1 aliphatic rings. The van der Waals surface area contributed by atoms with Gasteiger partial charge in [0, 0.05) is 49.1 Å². The first kappa shape index (κ1) is 20.0. The molecule has 0 saturated carbocycles. The summed E-state index contributed by atoms with van der Waals surface area (Å²) in [5, 5.41) is 3.38. The average Bonchev–Trinajstić information content (AvgIpc) is 3.00. The van der Waals surface area contributed by atoms with Crippen LogP contribution in [0.2, 0.25) is 0 Å². The van der Waals surface area contributed by atoms with Crippen LogP contribution in [0.25, 0.3) is 0 Å². The smallest absolute Gasteiger partial charge is 0.253 e. The lowest BCUT2D eigenvalue weighted by Crippen LogP contribution is -2.35. The Balaban J connectivity index is 1.58. The number of aromatic nitrogens is 1. The molecule has 0 radical (unpaired) electrons. The van der Waals surface area contributed by atoms with E-state index in [1.165, 1.54) is 10.6 Å². The van der Waals surface area contributed by atoms with Gasteiger partial charge >= 0.3 is 0 Å². The quantitative estimate of drug-likeness (QED) is 0.785. The molecule has 1 fully saturated rings. The normalized spacial score (nSPS) is 16.4. The number of aryl methyl sites for hydroxylation is 1. The molecule has 0 spiro atoms. The van der Waals surface area contributed by atoms with Gasteiger partial charge in [0.2, 0.25) is 0 Å². The lowest BCUT2D eigenvalue weighted by atomic mass is 9.98. The minimum absolute atomic E-state index is 0.109. The second kappa shape index (κ2) is 8.53. The van der Waals surface area contributed by atoms with Crippen molar-refractivity contribution in [2.75, 3.05) is 26.2 Å². The van der Waals surface area contributed by atoms with Gasteiger partial charge in [0.25, 0.3) is 5.91 Å². The SMILES string of the molecule is CCc1ccc(C(=O)N2CCCN(Cc3csc(C(C)(C)C)n3)CC2)cc1. The number of amides is 1. The molecule has 1 amide bonds. The fraction of sp³-hybridized carbons (Fsp3) is 0.545. The number of hydrogen-bond acceptors (Lipinski definition) is 4. The highest BCUT2D eigenvalue weighted by Crippen LogP contribution is 2.26. The van der Waals surface area contributed by atoms with Crippen LogP contribution in [0, 0.1) is 0 Å². The average molecular weight is 386 g/mol. The van der Waals surface area contributed by atoms with E-state index in [1.54, 1.807) is 11.3 Å². The van der Waals surface area contributed by atoms with Crippen molar-refractivity contribution < 1.29 is 4.79 Å². The molecule has 0 unspecified atom stereocenters. The van der Waals surface area contributed by atoms with Crippen LogP contribution in [0.1, 0.15) is 60.7 Å². The number of thiazole rings is 1. The minimum Gasteiger partial charge on any atom is -0.337 e. The fourth-order valence-electron chi connectivity index (χ4n) is 3.35. The largest absolute Gasteiger partial charge is 0.337 e. The maximum atomic E-state index is 12.8. The summed E-state index contributed by atoms with van der Waals surface area (Å²) in [6.07, 6.45) is 2.01. The summed E-state index contributed by atoms with van der Waals surface area (Å²) >= 11 is 1.75. The molecule has 1 aromatic heterocycles. The van der Waals surface area contributed by atoms with Crippen LogP contribution in [0.5, 0.6) is 0 Å². The third kappa shape index (κ3) is 5.17. The number of nitrogens with zero attached hydrogens (tertiary/aromatic N) is 3. The summed E-state index contributed by atoms with van der Waals surface area (Å²) in [4.78, 5) is 22.1. The predicted molar refractivity (Wildman–Crippen MR) is 112 cm³/mol. The summed E-state index contributed by atoms with van der Waals surface area (Å²) < 4.78 is 0. The molecule has 1 aliphatic heterocycles. The van der Waals surface area contributed by atoms with E-state index in [0.717, 1.165) is 56.8 Å². The number of carbonyl (C=O) groups excluding carboxylic acids is 1. The molecule has 146 valence electrons. The Kier molecular flexibility index (Phi) is 6.33. The Bertz CT molecular complexity index is 761. The maximum absolute atomic E-state index is 12.8. The van der Waals surface area contributed by atoms with Gasteiger partial charge in [-0.3, -0.25) is 9.69 Å². The molecule has 4 nitrogen and oxygen atoms in total. The molecule has 1 saturated heterocycles. The van der Waals surface area contributed by atoms with E-state index in [2.05, 4.69) is 50.1 Å². The molecule has 1 aromatic carbocycles. The summed E-state index contributed by atoms with van der Waals surface area (Å²) in [6.45, 7) is 13.2. The molecule has 3 rings (SSSR count). The number of benzene rings is 1. The summed E-state index contributed by atoms with van der Waals surface area (Å²) in [5.41, 5.74) is 3.33. The lowest BCUT2D eigenvalue weighted by molar-refractivity contribution is 0.0761. The van der Waals surface area contributed by atoms with E-state index in [-0.39, 0.29) is 11.3 Å². The standard InChI is InChI=1S/C22H31N3OS/c1-5-17-7-9-18(10-8-17)20(26)25-12-6-11-24(13-14-25)15-19-16-27-21(23-19)22(2,3)4/h7-10,16H,5-6,11-15H2,1-4H3. The van der Waals surface area contributed by atoms with Gasteiger partial charge in [0.1, 0.15) is 0 Å². The molecule has 5 heteroatoms. The lowest BCUT2D eigenvalue weighted by Gasteiger charge is -2.22. The van der Waals surface area contributed by atoms with Crippen molar-refractivity contribution in [3.63, 3.8) is 0 Å². The monoisotopic (exact) mass is 385 g/mol. The van der Waals surface area contributed by atoms with Crippen molar-refractivity contribution in [3.8, 4) is 0 Å². The van der Waals surface area contributed by atoms with Crippen LogP contribution in [0.3, 0.4) is 0 Å². The first-order valence-electron chi connectivity index (χ1n) is 9.92. The van der Waals surface area contributed by atoms with Crippen molar-refractivity contribution in [3.05, 3.63) is 51.5 Å². The van der Waals surface area contributed by atoms with Gasteiger partial charge in [-0.1, -0.05) is 39.8 Å². The Morgan fingerprint density at radius 3 is 2.48 bits per heavy atom. The summed E-state index contributed by atoms with van der Waals surface area (Å²) in [7, 11) is 0. The van der Waals surface area contributed by atoms with Crippen LogP contribution in [0.15, 0.2) is 29.6 Å². The molecule has 2 aromatic rings. The van der Waals surface area contributed by atoms with Crippen molar-refractivity contribution in [1.29, 1.82) is 0 Å². The first-order valence-corrected chi connectivity index (χ1v) is 10.8. The van der Waals surface area contributed by atoms with Crippen molar-refractivity contribution >= 4 is 17.2 Å². The zero-order valence-corrected chi connectivity index (χ0v) is 17.8. The van der Waals surface area contributed by atoms with Gasteiger partial charge in [-0.15, -0.1) is 11.3 Å². The molecule has 0 atom stereocenters. The first-order chi connectivity index (χ1) is 12.9. The third-order valence-electron chi connectivity index (χ3n) is 5.06. The maximum Gasteiger partial charge on any atom is 0.253 e. The Morgan fingerprint density at radius 1 is 1.11 bits per heavy atom. The molecule has 0 N–H and O–H groups in total. The number of carbonyl (C=O) groups is 1. The summed E-state index contributed by atoms with van der Waals surface area (Å²) in [5.74, 6) is 0.156. The van der Waals surface area contributed by atoms with Crippen LogP contribution in [-0.2, 0) is 18.4 Å². The summed E-state index contributed by atoms with van der Waals surface area (Å²) in [6, 6.07) is 8.05. The number of rotatable bonds is 4. The fourth-order valence-corrected chi connectivity index (χ4v) is 4.25. The Hall–Kier alpha value is -1.72. The molecular weight excluding hydrogens is 354 g/mol. The van der Waals surface area contributed by atoms with Gasteiger partial charge in [0.05, 0.1) is 10.7 Å². The molecule has 27 heavy (non-hydrogen) atoms. The third-order valence-corrected chi connectivity index (χ3v) is 6.38. The minimum atomic E-state index is 0.109. The molecule has 2 heterocycles. The van der Waals surface area contributed by atoms with Gasteiger partial charge in [-0.2, -0.15) is 0 Å². The second-order valence-corrected chi connectivity index (χ2v) is 9.22. The van der Waals surface area contributed by atoms with Gasteiger partial charge in [-0.25, -0.2) is 4.98 Å². The van der Waals surface area contributed by atoms with E-state index in [1.807, 2.05) is 17.0 Å². The van der Waals surface area contributed by atoms with Gasteiger partial charge in [-0.05, 0) is 30.5 Å². The van der Waals surface area contributed by atoms with Crippen molar-refractivity contribution in [2.45, 2.75) is 52.5 Å². The van der Waals surface area contributed by atoms with E-state index in [9.17, 15) is 4.79 Å². The van der Waals surface area contributed by atoms with Crippen LogP contribution >= 0.6 is 11.3 Å². The van der Waals surface area contributed by atoms with Gasteiger partial charge in [0.15, 0.2) is 0 Å². The van der Waals surface area contributed by atoms with E-state index < -0.39 is 0 Å². The van der Waals surface area contributed by atoms with Crippen molar-refractivity contribution in [2.24, 2.45) is 0 Å². The van der Waals surface area contributed by atoms with Gasteiger partial charge < -0.3 is 4.90 Å². The van der Waals surface area contributed by atoms with E-state index >= 15 is 0 Å². The van der Waals surface area contributed by atoms with Crippen LogP contribution in [-0.4, -0.2) is 46.9 Å². The Labute approximate surface area is 167 Å². The highest BCUT2D eigenvalue weighted by Gasteiger charge is 2.22. The molecule has 0 bridgehead atoms. The highest BCUT2D eigenvalue weighted by atomic mass is 32.1. The van der Waals surface area contributed by atoms with Crippen LogP contribution < -0.4 is 0 Å². The van der Waals surface area contributed by atoms with Crippen LogP contribution in [0.4, 0.5) is 0 Å². The topological polar surface area (TPSA) is 36.4 Å². The predicted octanol–water partition coefficient (Wildman–Crippen LogP) is 4.35. The van der Waals surface area contributed by atoms with Crippen molar-refractivity contribution in [1.82, 2.24) is 14.8 Å². The van der Waals surface area contributed by atoms with E-state index in [4.69, 9.17) is 4.98 Å². The molecular formula is C22H31N3OS. The van der Waals surface area contributed by atoms with E-state index in [0.29, 0.717) is 0 Å². The zero-order valence-electron chi connectivity index (χ0n) is 17.0. The number of hydrogen-bond donors (Lipinski definition) is 0. The molecule has 0 aliphatic carbocycles. The Morgan fingerprint density at radius 2 is 1.85 bits per heavy atom. The second-order valence-electron chi connectivity index (χ2n) is 8.37. The zero-order chi connectivity index (χ0) is 19.4.